The van der Waals surface area contributed by atoms with Crippen molar-refractivity contribution in [3.8, 4) is 11.1 Å². The Morgan fingerprint density at radius 1 is 0.880 bits per heavy atom. The number of benzene rings is 2. The SMILES string of the molecule is C[C@@]1(C(N)=O)[C@@H](c2ccccc2)[C@@H]1c1ccc(-c2ccnnc2)cc1. The maximum atomic E-state index is 12.1. The van der Waals surface area contributed by atoms with E-state index in [4.69, 9.17) is 5.73 Å². The van der Waals surface area contributed by atoms with Gasteiger partial charge in [0.15, 0.2) is 0 Å². The van der Waals surface area contributed by atoms with Crippen LogP contribution in [0, 0.1) is 5.41 Å². The molecule has 0 spiro atoms. The van der Waals surface area contributed by atoms with Gasteiger partial charge in [0.25, 0.3) is 0 Å². The maximum Gasteiger partial charge on any atom is 0.224 e. The Balaban J connectivity index is 1.68. The number of primary amides is 1. The standard InChI is InChI=1S/C21H19N3O/c1-21(20(22)25)18(15-5-3-2-4-6-15)19(21)16-9-7-14(8-10-16)17-11-12-23-24-13-17/h2-13,18-19H,1H3,(H2,22,25)/t18-,19-,21+/m0/s1. The van der Waals surface area contributed by atoms with E-state index in [1.165, 1.54) is 0 Å². The van der Waals surface area contributed by atoms with Gasteiger partial charge in [0.1, 0.15) is 0 Å². The van der Waals surface area contributed by atoms with Gasteiger partial charge in [-0.15, -0.1) is 0 Å². The summed E-state index contributed by atoms with van der Waals surface area (Å²) in [7, 11) is 0. The van der Waals surface area contributed by atoms with E-state index in [0.29, 0.717) is 0 Å². The molecule has 4 rings (SSSR count). The fourth-order valence-corrected chi connectivity index (χ4v) is 3.90. The van der Waals surface area contributed by atoms with Crippen LogP contribution in [0.4, 0.5) is 0 Å². The Hall–Kier alpha value is -3.01. The highest BCUT2D eigenvalue weighted by atomic mass is 16.1. The lowest BCUT2D eigenvalue weighted by Gasteiger charge is -2.07. The molecule has 0 saturated heterocycles. The molecule has 1 fully saturated rings. The van der Waals surface area contributed by atoms with Crippen LogP contribution < -0.4 is 5.73 Å². The molecule has 1 heterocycles. The third-order valence-corrected chi connectivity index (χ3v) is 5.39. The molecule has 0 unspecified atom stereocenters. The van der Waals surface area contributed by atoms with Crippen LogP contribution in [0.1, 0.15) is 29.9 Å². The smallest absolute Gasteiger partial charge is 0.224 e. The Bertz CT molecular complexity index is 893. The highest BCUT2D eigenvalue weighted by molar-refractivity contribution is 5.88. The number of nitrogens with zero attached hydrogens (tertiary/aromatic N) is 2. The number of carbonyl (C=O) groups is 1. The van der Waals surface area contributed by atoms with Gasteiger partial charge in [0, 0.05) is 17.4 Å². The molecular weight excluding hydrogens is 310 g/mol. The molecule has 4 heteroatoms. The van der Waals surface area contributed by atoms with Gasteiger partial charge in [-0.2, -0.15) is 10.2 Å². The summed E-state index contributed by atoms with van der Waals surface area (Å²) in [5.74, 6) is -0.00887. The molecule has 2 aromatic carbocycles. The van der Waals surface area contributed by atoms with Crippen LogP contribution in [0.25, 0.3) is 11.1 Å². The zero-order valence-electron chi connectivity index (χ0n) is 14.0. The van der Waals surface area contributed by atoms with Crippen LogP contribution in [0.5, 0.6) is 0 Å². The molecule has 1 aromatic heterocycles. The summed E-state index contributed by atoms with van der Waals surface area (Å²) in [5.41, 5.74) is 9.62. The number of amides is 1. The van der Waals surface area contributed by atoms with Crippen LogP contribution in [-0.4, -0.2) is 16.1 Å². The van der Waals surface area contributed by atoms with E-state index in [0.717, 1.165) is 22.3 Å². The van der Waals surface area contributed by atoms with Gasteiger partial charge in [-0.3, -0.25) is 4.79 Å². The van der Waals surface area contributed by atoms with Crippen LogP contribution in [0.15, 0.2) is 73.1 Å². The van der Waals surface area contributed by atoms with Crippen molar-refractivity contribution in [1.82, 2.24) is 10.2 Å². The Morgan fingerprint density at radius 2 is 1.52 bits per heavy atom. The molecule has 1 amide bonds. The molecule has 2 N–H and O–H groups in total. The molecule has 0 radical (unpaired) electrons. The maximum absolute atomic E-state index is 12.1. The normalized spacial score (nSPS) is 24.7. The quantitative estimate of drug-likeness (QED) is 0.796. The fraction of sp³-hybridized carbons (Fsp3) is 0.190. The molecule has 25 heavy (non-hydrogen) atoms. The first-order chi connectivity index (χ1) is 12.1. The molecule has 4 nitrogen and oxygen atoms in total. The predicted octanol–water partition coefficient (Wildman–Crippen LogP) is 3.52. The highest BCUT2D eigenvalue weighted by Crippen LogP contribution is 2.69. The van der Waals surface area contributed by atoms with Crippen molar-refractivity contribution in [3.05, 3.63) is 84.2 Å². The van der Waals surface area contributed by atoms with E-state index in [9.17, 15) is 4.79 Å². The van der Waals surface area contributed by atoms with E-state index in [-0.39, 0.29) is 17.7 Å². The van der Waals surface area contributed by atoms with Crippen molar-refractivity contribution < 1.29 is 4.79 Å². The highest BCUT2D eigenvalue weighted by Gasteiger charge is 2.66. The van der Waals surface area contributed by atoms with Crippen molar-refractivity contribution in [2.75, 3.05) is 0 Å². The third kappa shape index (κ3) is 2.50. The molecule has 3 aromatic rings. The molecule has 0 bridgehead atoms. The first-order valence-corrected chi connectivity index (χ1v) is 8.34. The molecule has 1 saturated carbocycles. The first-order valence-electron chi connectivity index (χ1n) is 8.34. The average molecular weight is 329 g/mol. The van der Waals surface area contributed by atoms with E-state index in [1.54, 1.807) is 12.4 Å². The van der Waals surface area contributed by atoms with Gasteiger partial charge < -0.3 is 5.73 Å². The minimum absolute atomic E-state index is 0.108. The monoisotopic (exact) mass is 329 g/mol. The van der Waals surface area contributed by atoms with E-state index < -0.39 is 5.41 Å². The zero-order valence-corrected chi connectivity index (χ0v) is 14.0. The first kappa shape index (κ1) is 15.5. The molecule has 1 aliphatic rings. The van der Waals surface area contributed by atoms with Crippen molar-refractivity contribution in [1.29, 1.82) is 0 Å². The summed E-state index contributed by atoms with van der Waals surface area (Å²) in [6.45, 7) is 1.97. The molecule has 0 aliphatic heterocycles. The number of rotatable bonds is 4. The number of nitrogens with two attached hydrogens (primary N) is 1. The second-order valence-electron chi connectivity index (χ2n) is 6.77. The molecule has 3 atom stereocenters. The summed E-state index contributed by atoms with van der Waals surface area (Å²) >= 11 is 0. The lowest BCUT2D eigenvalue weighted by atomic mass is 9.98. The second kappa shape index (κ2) is 5.81. The summed E-state index contributed by atoms with van der Waals surface area (Å²) in [6, 6.07) is 20.4. The second-order valence-corrected chi connectivity index (χ2v) is 6.77. The average Bonchev–Trinajstić information content (AvgIpc) is 3.31. The molecule has 1 aliphatic carbocycles. The number of carbonyl (C=O) groups excluding carboxylic acids is 1. The third-order valence-electron chi connectivity index (χ3n) is 5.39. The number of aromatic nitrogens is 2. The van der Waals surface area contributed by atoms with E-state index >= 15 is 0 Å². The van der Waals surface area contributed by atoms with Crippen LogP contribution in [-0.2, 0) is 4.79 Å². The summed E-state index contributed by atoms with van der Waals surface area (Å²) in [6.07, 6.45) is 3.42. The predicted molar refractivity (Wildman–Crippen MR) is 96.7 cm³/mol. The van der Waals surface area contributed by atoms with Gasteiger partial charge in [0.2, 0.25) is 5.91 Å². The van der Waals surface area contributed by atoms with E-state index in [2.05, 4.69) is 46.6 Å². The van der Waals surface area contributed by atoms with Gasteiger partial charge in [-0.25, -0.2) is 0 Å². The number of hydrogen-bond donors (Lipinski definition) is 1. The van der Waals surface area contributed by atoms with Crippen molar-refractivity contribution in [2.45, 2.75) is 18.8 Å². The summed E-state index contributed by atoms with van der Waals surface area (Å²) in [4.78, 5) is 12.1. The lowest BCUT2D eigenvalue weighted by Crippen LogP contribution is -2.24. The van der Waals surface area contributed by atoms with Crippen molar-refractivity contribution in [2.24, 2.45) is 11.1 Å². The Labute approximate surface area is 146 Å². The van der Waals surface area contributed by atoms with Gasteiger partial charge in [-0.05, 0) is 29.7 Å². The molecule has 124 valence electrons. The van der Waals surface area contributed by atoms with Crippen molar-refractivity contribution >= 4 is 5.91 Å². The minimum Gasteiger partial charge on any atom is -0.369 e. The largest absolute Gasteiger partial charge is 0.369 e. The molecular formula is C21H19N3O. The summed E-state index contributed by atoms with van der Waals surface area (Å²) in [5, 5.41) is 7.73. The van der Waals surface area contributed by atoms with Crippen LogP contribution in [0.3, 0.4) is 0 Å². The Morgan fingerprint density at radius 3 is 2.08 bits per heavy atom. The van der Waals surface area contributed by atoms with Gasteiger partial charge >= 0.3 is 0 Å². The minimum atomic E-state index is -0.541. The van der Waals surface area contributed by atoms with Gasteiger partial charge in [-0.1, -0.05) is 54.6 Å². The van der Waals surface area contributed by atoms with Crippen LogP contribution in [0.2, 0.25) is 0 Å². The zero-order chi connectivity index (χ0) is 17.4. The van der Waals surface area contributed by atoms with Crippen molar-refractivity contribution in [3.63, 3.8) is 0 Å². The number of hydrogen-bond acceptors (Lipinski definition) is 3. The van der Waals surface area contributed by atoms with Crippen LogP contribution >= 0.6 is 0 Å². The van der Waals surface area contributed by atoms with E-state index in [1.807, 2.05) is 31.2 Å². The van der Waals surface area contributed by atoms with Gasteiger partial charge in [0.05, 0.1) is 17.8 Å². The Kier molecular flexibility index (Phi) is 3.61. The lowest BCUT2D eigenvalue weighted by molar-refractivity contribution is -0.122. The summed E-state index contributed by atoms with van der Waals surface area (Å²) < 4.78 is 0. The topological polar surface area (TPSA) is 68.9 Å². The fourth-order valence-electron chi connectivity index (χ4n) is 3.90.